The molecule has 0 saturated carbocycles. The Bertz CT molecular complexity index is 538. The minimum absolute atomic E-state index is 0.138. The highest BCUT2D eigenvalue weighted by Gasteiger charge is 2.07. The van der Waals surface area contributed by atoms with Crippen molar-refractivity contribution in [1.82, 2.24) is 4.98 Å². The summed E-state index contributed by atoms with van der Waals surface area (Å²) in [5, 5.41) is 0. The molecule has 0 saturated heterocycles. The lowest BCUT2D eigenvalue weighted by molar-refractivity contribution is 0.318. The Morgan fingerprint density at radius 1 is 1.20 bits per heavy atom. The second-order valence-electron chi connectivity index (χ2n) is 5.25. The van der Waals surface area contributed by atoms with Crippen LogP contribution in [0, 0.1) is 6.92 Å². The highest BCUT2D eigenvalue weighted by molar-refractivity contribution is 5.37. The van der Waals surface area contributed by atoms with Crippen molar-refractivity contribution in [2.75, 3.05) is 6.61 Å². The van der Waals surface area contributed by atoms with Gasteiger partial charge < -0.3 is 10.5 Å². The first-order chi connectivity index (χ1) is 9.65. The van der Waals surface area contributed by atoms with E-state index in [1.54, 1.807) is 0 Å². The maximum atomic E-state index is 5.92. The van der Waals surface area contributed by atoms with Gasteiger partial charge in [-0.05, 0) is 49.6 Å². The Labute approximate surface area is 120 Å². The van der Waals surface area contributed by atoms with Crippen LogP contribution in [0.2, 0.25) is 0 Å². The topological polar surface area (TPSA) is 48.1 Å². The van der Waals surface area contributed by atoms with Gasteiger partial charge in [0.15, 0.2) is 0 Å². The smallest absolute Gasteiger partial charge is 0.122 e. The SMILES string of the molecule is Cc1ccc(OCCc2ccncc2)c(CC(C)N)c1. The molecule has 2 rings (SSSR count). The minimum atomic E-state index is 0.138. The van der Waals surface area contributed by atoms with E-state index in [1.165, 1.54) is 16.7 Å². The molecular formula is C17H22N2O. The molecule has 0 bridgehead atoms. The van der Waals surface area contributed by atoms with Crippen molar-refractivity contribution in [1.29, 1.82) is 0 Å². The van der Waals surface area contributed by atoms with Crippen molar-refractivity contribution in [3.05, 3.63) is 59.4 Å². The summed E-state index contributed by atoms with van der Waals surface area (Å²) in [5.74, 6) is 0.946. The van der Waals surface area contributed by atoms with Gasteiger partial charge >= 0.3 is 0 Å². The highest BCUT2D eigenvalue weighted by Crippen LogP contribution is 2.21. The lowest BCUT2D eigenvalue weighted by Gasteiger charge is -2.14. The monoisotopic (exact) mass is 270 g/mol. The summed E-state index contributed by atoms with van der Waals surface area (Å²) in [6, 6.07) is 10.4. The number of aryl methyl sites for hydroxylation is 1. The molecule has 0 fully saturated rings. The number of benzene rings is 1. The van der Waals surface area contributed by atoms with Crippen LogP contribution in [0.5, 0.6) is 5.75 Å². The highest BCUT2D eigenvalue weighted by atomic mass is 16.5. The molecule has 3 heteroatoms. The lowest BCUT2D eigenvalue weighted by Crippen LogP contribution is -2.18. The van der Waals surface area contributed by atoms with E-state index in [9.17, 15) is 0 Å². The fraction of sp³-hybridized carbons (Fsp3) is 0.353. The van der Waals surface area contributed by atoms with Crippen molar-refractivity contribution in [3.63, 3.8) is 0 Å². The molecule has 2 N–H and O–H groups in total. The molecule has 3 nitrogen and oxygen atoms in total. The zero-order valence-corrected chi connectivity index (χ0v) is 12.2. The Morgan fingerprint density at radius 2 is 1.95 bits per heavy atom. The molecule has 0 aliphatic rings. The molecule has 1 heterocycles. The quantitative estimate of drug-likeness (QED) is 0.878. The van der Waals surface area contributed by atoms with Crippen LogP contribution in [0.4, 0.5) is 0 Å². The number of hydrogen-bond acceptors (Lipinski definition) is 3. The Balaban J connectivity index is 1.98. The molecule has 0 radical (unpaired) electrons. The fourth-order valence-corrected chi connectivity index (χ4v) is 2.18. The van der Waals surface area contributed by atoms with E-state index in [2.05, 4.69) is 24.0 Å². The van der Waals surface area contributed by atoms with Crippen molar-refractivity contribution < 1.29 is 4.74 Å². The molecule has 0 aliphatic heterocycles. The lowest BCUT2D eigenvalue weighted by atomic mass is 10.0. The van der Waals surface area contributed by atoms with Crippen molar-refractivity contribution in [3.8, 4) is 5.75 Å². The molecule has 20 heavy (non-hydrogen) atoms. The number of ether oxygens (including phenoxy) is 1. The molecule has 1 unspecified atom stereocenters. The van der Waals surface area contributed by atoms with E-state index in [4.69, 9.17) is 10.5 Å². The summed E-state index contributed by atoms with van der Waals surface area (Å²) in [5.41, 5.74) is 9.57. The van der Waals surface area contributed by atoms with Crippen LogP contribution in [-0.4, -0.2) is 17.6 Å². The Kier molecular flexibility index (Phi) is 5.13. The number of rotatable bonds is 6. The number of pyridine rings is 1. The number of nitrogens with two attached hydrogens (primary N) is 1. The van der Waals surface area contributed by atoms with Crippen LogP contribution in [0.15, 0.2) is 42.7 Å². The van der Waals surface area contributed by atoms with Gasteiger partial charge in [0, 0.05) is 24.9 Å². The predicted octanol–water partition coefficient (Wildman–Crippen LogP) is 2.90. The van der Waals surface area contributed by atoms with Crippen molar-refractivity contribution in [2.24, 2.45) is 5.73 Å². The first kappa shape index (κ1) is 14.5. The Morgan fingerprint density at radius 3 is 2.65 bits per heavy atom. The molecule has 2 aromatic rings. The van der Waals surface area contributed by atoms with Crippen LogP contribution < -0.4 is 10.5 Å². The zero-order valence-electron chi connectivity index (χ0n) is 12.2. The summed E-state index contributed by atoms with van der Waals surface area (Å²) in [4.78, 5) is 4.01. The predicted molar refractivity (Wildman–Crippen MR) is 82.0 cm³/mol. The standard InChI is InChI=1S/C17H22N2O/c1-13-3-4-17(16(11-13)12-14(2)18)20-10-7-15-5-8-19-9-6-15/h3-6,8-9,11,14H,7,10,12,18H2,1-2H3. The van der Waals surface area contributed by atoms with E-state index in [1.807, 2.05) is 37.5 Å². The number of aromatic nitrogens is 1. The second-order valence-corrected chi connectivity index (χ2v) is 5.25. The third kappa shape index (κ3) is 4.35. The van der Waals surface area contributed by atoms with E-state index in [0.717, 1.165) is 18.6 Å². The molecule has 1 aromatic carbocycles. The maximum absolute atomic E-state index is 5.92. The minimum Gasteiger partial charge on any atom is -0.493 e. The molecule has 0 spiro atoms. The van der Waals surface area contributed by atoms with Crippen LogP contribution in [0.1, 0.15) is 23.6 Å². The fourth-order valence-electron chi connectivity index (χ4n) is 2.18. The van der Waals surface area contributed by atoms with Crippen molar-refractivity contribution in [2.45, 2.75) is 32.7 Å². The summed E-state index contributed by atoms with van der Waals surface area (Å²) in [7, 11) is 0. The van der Waals surface area contributed by atoms with Gasteiger partial charge in [-0.2, -0.15) is 0 Å². The van der Waals surface area contributed by atoms with E-state index >= 15 is 0 Å². The normalized spacial score (nSPS) is 12.2. The molecule has 0 aliphatic carbocycles. The third-order valence-corrected chi connectivity index (χ3v) is 3.16. The average Bonchev–Trinajstić information content (AvgIpc) is 2.42. The molecule has 1 atom stereocenters. The zero-order chi connectivity index (χ0) is 14.4. The van der Waals surface area contributed by atoms with Crippen molar-refractivity contribution >= 4 is 0 Å². The summed E-state index contributed by atoms with van der Waals surface area (Å²) >= 11 is 0. The van der Waals surface area contributed by atoms with Gasteiger partial charge in [0.05, 0.1) is 6.61 Å². The van der Waals surface area contributed by atoms with Gasteiger partial charge in [-0.3, -0.25) is 4.98 Å². The van der Waals surface area contributed by atoms with Gasteiger partial charge in [-0.25, -0.2) is 0 Å². The Hall–Kier alpha value is -1.87. The van der Waals surface area contributed by atoms with E-state index in [-0.39, 0.29) is 6.04 Å². The van der Waals surface area contributed by atoms with Crippen LogP contribution in [0.25, 0.3) is 0 Å². The van der Waals surface area contributed by atoms with Gasteiger partial charge in [0.2, 0.25) is 0 Å². The molecule has 1 aromatic heterocycles. The van der Waals surface area contributed by atoms with Crippen LogP contribution >= 0.6 is 0 Å². The maximum Gasteiger partial charge on any atom is 0.122 e. The first-order valence-corrected chi connectivity index (χ1v) is 7.02. The second kappa shape index (κ2) is 7.06. The number of nitrogens with zero attached hydrogens (tertiary/aromatic N) is 1. The van der Waals surface area contributed by atoms with E-state index < -0.39 is 0 Å². The third-order valence-electron chi connectivity index (χ3n) is 3.16. The van der Waals surface area contributed by atoms with E-state index in [0.29, 0.717) is 6.61 Å². The van der Waals surface area contributed by atoms with Crippen LogP contribution in [-0.2, 0) is 12.8 Å². The number of hydrogen-bond donors (Lipinski definition) is 1. The van der Waals surface area contributed by atoms with Gasteiger partial charge in [0.1, 0.15) is 5.75 Å². The van der Waals surface area contributed by atoms with Gasteiger partial charge in [-0.15, -0.1) is 0 Å². The van der Waals surface area contributed by atoms with Gasteiger partial charge in [0.25, 0.3) is 0 Å². The molecule has 0 amide bonds. The summed E-state index contributed by atoms with van der Waals surface area (Å²) in [6.45, 7) is 4.77. The van der Waals surface area contributed by atoms with Crippen LogP contribution in [0.3, 0.4) is 0 Å². The molecular weight excluding hydrogens is 248 g/mol. The van der Waals surface area contributed by atoms with Gasteiger partial charge in [-0.1, -0.05) is 17.7 Å². The largest absolute Gasteiger partial charge is 0.493 e. The average molecular weight is 270 g/mol. The summed E-state index contributed by atoms with van der Waals surface area (Å²) < 4.78 is 5.92. The summed E-state index contributed by atoms with van der Waals surface area (Å²) in [6.07, 6.45) is 5.34. The first-order valence-electron chi connectivity index (χ1n) is 7.02. The molecule has 106 valence electrons.